The number of nitrogens with zero attached hydrogens (tertiary/aromatic N) is 4. The molecule has 120 valence electrons. The third-order valence-corrected chi connectivity index (χ3v) is 5.38. The first-order chi connectivity index (χ1) is 11.0. The number of hydrogen-bond donors (Lipinski definition) is 0. The van der Waals surface area contributed by atoms with Gasteiger partial charge in [-0.3, -0.25) is 4.98 Å². The van der Waals surface area contributed by atoms with Crippen LogP contribution in [0.3, 0.4) is 0 Å². The van der Waals surface area contributed by atoms with E-state index in [1.807, 2.05) is 18.2 Å². The Bertz CT molecular complexity index is 893. The molecular weight excluding hydrogens is 316 g/mol. The van der Waals surface area contributed by atoms with Crippen LogP contribution in [0.2, 0.25) is 0 Å². The maximum absolute atomic E-state index is 12.4. The largest absolute Gasteiger partial charge is 0.261 e. The highest BCUT2D eigenvalue weighted by molar-refractivity contribution is 7.88. The SMILES string of the molecule is CN(CCc1ccccn1)S(=O)(=O)Cc1ccc2nonc2c1. The van der Waals surface area contributed by atoms with Crippen LogP contribution in [-0.2, 0) is 22.2 Å². The van der Waals surface area contributed by atoms with E-state index in [4.69, 9.17) is 0 Å². The molecule has 0 radical (unpaired) electrons. The lowest BCUT2D eigenvalue weighted by molar-refractivity contribution is 0.315. The summed E-state index contributed by atoms with van der Waals surface area (Å²) >= 11 is 0. The summed E-state index contributed by atoms with van der Waals surface area (Å²) in [4.78, 5) is 4.20. The Morgan fingerprint density at radius 2 is 1.96 bits per heavy atom. The number of aromatic nitrogens is 3. The topological polar surface area (TPSA) is 89.2 Å². The molecule has 2 heterocycles. The van der Waals surface area contributed by atoms with Crippen molar-refractivity contribution in [2.24, 2.45) is 0 Å². The summed E-state index contributed by atoms with van der Waals surface area (Å²) in [6, 6.07) is 10.7. The fraction of sp³-hybridized carbons (Fsp3) is 0.267. The molecular formula is C15H16N4O3S. The summed E-state index contributed by atoms with van der Waals surface area (Å²) < 4.78 is 30.9. The van der Waals surface area contributed by atoms with Gasteiger partial charge in [0, 0.05) is 31.9 Å². The van der Waals surface area contributed by atoms with E-state index in [0.29, 0.717) is 29.6 Å². The fourth-order valence-electron chi connectivity index (χ4n) is 2.20. The Morgan fingerprint density at radius 1 is 1.13 bits per heavy atom. The molecule has 1 aromatic carbocycles. The van der Waals surface area contributed by atoms with Gasteiger partial charge in [-0.05, 0) is 40.1 Å². The molecule has 0 unspecified atom stereocenters. The van der Waals surface area contributed by atoms with Crippen LogP contribution in [0.1, 0.15) is 11.3 Å². The van der Waals surface area contributed by atoms with Gasteiger partial charge in [0.15, 0.2) is 0 Å². The summed E-state index contributed by atoms with van der Waals surface area (Å²) in [6.45, 7) is 0.382. The van der Waals surface area contributed by atoms with Crippen LogP contribution in [0.4, 0.5) is 0 Å². The van der Waals surface area contributed by atoms with Crippen LogP contribution in [0.25, 0.3) is 11.0 Å². The normalized spacial score (nSPS) is 12.1. The highest BCUT2D eigenvalue weighted by Crippen LogP contribution is 2.15. The number of hydrogen-bond acceptors (Lipinski definition) is 6. The molecule has 0 spiro atoms. The van der Waals surface area contributed by atoms with Crippen LogP contribution < -0.4 is 0 Å². The molecule has 0 N–H and O–H groups in total. The molecule has 3 rings (SSSR count). The van der Waals surface area contributed by atoms with Crippen LogP contribution in [0, 0.1) is 0 Å². The van der Waals surface area contributed by atoms with Crippen molar-refractivity contribution in [3.63, 3.8) is 0 Å². The second-order valence-electron chi connectivity index (χ2n) is 5.24. The molecule has 0 aliphatic heterocycles. The first kappa shape index (κ1) is 15.6. The van der Waals surface area contributed by atoms with Crippen molar-refractivity contribution in [2.45, 2.75) is 12.2 Å². The molecule has 8 heteroatoms. The molecule has 0 saturated heterocycles. The predicted molar refractivity (Wildman–Crippen MR) is 85.0 cm³/mol. The molecule has 2 aromatic heterocycles. The minimum Gasteiger partial charge on any atom is -0.261 e. The smallest absolute Gasteiger partial charge is 0.218 e. The Morgan fingerprint density at radius 3 is 2.74 bits per heavy atom. The molecule has 23 heavy (non-hydrogen) atoms. The van der Waals surface area contributed by atoms with E-state index >= 15 is 0 Å². The molecule has 7 nitrogen and oxygen atoms in total. The highest BCUT2D eigenvalue weighted by atomic mass is 32.2. The molecule has 0 aliphatic rings. The average Bonchev–Trinajstić information content (AvgIpc) is 3.00. The monoisotopic (exact) mass is 332 g/mol. The van der Waals surface area contributed by atoms with E-state index < -0.39 is 10.0 Å². The number of likely N-dealkylation sites (N-methyl/N-ethyl adjacent to an activating group) is 1. The van der Waals surface area contributed by atoms with Gasteiger partial charge in [0.25, 0.3) is 0 Å². The molecule has 0 fully saturated rings. The standard InChI is InChI=1S/C15H16N4O3S/c1-19(9-7-13-4-2-3-8-16-13)23(20,21)11-12-5-6-14-15(10-12)18-22-17-14/h2-6,8,10H,7,9,11H2,1H3. The molecule has 3 aromatic rings. The summed E-state index contributed by atoms with van der Waals surface area (Å²) in [7, 11) is -1.83. The minimum absolute atomic E-state index is 0.0888. The van der Waals surface area contributed by atoms with Gasteiger partial charge in [-0.2, -0.15) is 0 Å². The Kier molecular flexibility index (Phi) is 4.35. The van der Waals surface area contributed by atoms with Gasteiger partial charge >= 0.3 is 0 Å². The van der Waals surface area contributed by atoms with Crippen LogP contribution >= 0.6 is 0 Å². The Labute approximate surface area is 134 Å². The summed E-state index contributed by atoms with van der Waals surface area (Å²) in [5.74, 6) is -0.0888. The van der Waals surface area contributed by atoms with Gasteiger partial charge in [0.2, 0.25) is 10.0 Å². The maximum Gasteiger partial charge on any atom is 0.218 e. The number of benzene rings is 1. The van der Waals surface area contributed by atoms with Crippen molar-refractivity contribution < 1.29 is 13.0 Å². The molecule has 0 amide bonds. The third-order valence-electron chi connectivity index (χ3n) is 3.55. The molecule has 0 atom stereocenters. The summed E-state index contributed by atoms with van der Waals surface area (Å²) in [5, 5.41) is 7.43. The predicted octanol–water partition coefficient (Wildman–Crippen LogP) is 1.62. The van der Waals surface area contributed by atoms with Crippen molar-refractivity contribution in [3.8, 4) is 0 Å². The van der Waals surface area contributed by atoms with Crippen molar-refractivity contribution in [2.75, 3.05) is 13.6 Å². The second-order valence-corrected chi connectivity index (χ2v) is 7.31. The van der Waals surface area contributed by atoms with E-state index in [0.717, 1.165) is 5.69 Å². The average molecular weight is 332 g/mol. The Balaban J connectivity index is 1.67. The van der Waals surface area contributed by atoms with Gasteiger partial charge in [-0.15, -0.1) is 0 Å². The van der Waals surface area contributed by atoms with E-state index in [1.165, 1.54) is 4.31 Å². The van der Waals surface area contributed by atoms with Crippen molar-refractivity contribution in [1.29, 1.82) is 0 Å². The van der Waals surface area contributed by atoms with Crippen molar-refractivity contribution in [1.82, 2.24) is 19.6 Å². The fourth-order valence-corrected chi connectivity index (χ4v) is 3.39. The van der Waals surface area contributed by atoms with Gasteiger partial charge < -0.3 is 0 Å². The second kappa shape index (κ2) is 6.43. The van der Waals surface area contributed by atoms with Gasteiger partial charge in [0.1, 0.15) is 11.0 Å². The van der Waals surface area contributed by atoms with Gasteiger partial charge in [0.05, 0.1) is 5.75 Å². The molecule has 0 saturated carbocycles. The van der Waals surface area contributed by atoms with Crippen molar-refractivity contribution in [3.05, 3.63) is 53.9 Å². The maximum atomic E-state index is 12.4. The quantitative estimate of drug-likeness (QED) is 0.681. The lowest BCUT2D eigenvalue weighted by Gasteiger charge is -2.17. The third kappa shape index (κ3) is 3.72. The van der Waals surface area contributed by atoms with E-state index in [1.54, 1.807) is 31.4 Å². The summed E-state index contributed by atoms with van der Waals surface area (Å²) in [5.41, 5.74) is 2.67. The van der Waals surface area contributed by atoms with Gasteiger partial charge in [-0.1, -0.05) is 12.1 Å². The Hall–Kier alpha value is -2.32. The first-order valence-corrected chi connectivity index (χ1v) is 8.71. The van der Waals surface area contributed by atoms with Crippen LogP contribution in [0.15, 0.2) is 47.2 Å². The number of sulfonamides is 1. The van der Waals surface area contributed by atoms with E-state index in [2.05, 4.69) is 19.9 Å². The van der Waals surface area contributed by atoms with E-state index in [9.17, 15) is 8.42 Å². The summed E-state index contributed by atoms with van der Waals surface area (Å²) in [6.07, 6.45) is 2.27. The van der Waals surface area contributed by atoms with Crippen LogP contribution in [0.5, 0.6) is 0 Å². The van der Waals surface area contributed by atoms with Crippen LogP contribution in [-0.4, -0.2) is 41.6 Å². The number of rotatable bonds is 6. The number of pyridine rings is 1. The van der Waals surface area contributed by atoms with E-state index in [-0.39, 0.29) is 5.75 Å². The zero-order chi connectivity index (χ0) is 16.3. The van der Waals surface area contributed by atoms with Crippen molar-refractivity contribution >= 4 is 21.1 Å². The number of fused-ring (bicyclic) bond motifs is 1. The zero-order valence-electron chi connectivity index (χ0n) is 12.6. The first-order valence-electron chi connectivity index (χ1n) is 7.10. The molecule has 0 aliphatic carbocycles. The minimum atomic E-state index is -3.41. The lowest BCUT2D eigenvalue weighted by atomic mass is 10.2. The lowest BCUT2D eigenvalue weighted by Crippen LogP contribution is -2.30. The van der Waals surface area contributed by atoms with Gasteiger partial charge in [-0.25, -0.2) is 17.4 Å². The molecule has 0 bridgehead atoms. The zero-order valence-corrected chi connectivity index (χ0v) is 13.4. The highest BCUT2D eigenvalue weighted by Gasteiger charge is 2.19.